The number of aromatic nitrogens is 4. The SMILES string of the molecule is CCOC(=O)c1cncnc1C=O.COC(=O)c1cc(F)cc2cc(CN3Cc4ncncc4C3=O)oc12. The number of hydrogen-bond donors (Lipinski definition) is 0. The fraction of sp³-hybridized carbons (Fsp3) is 0.200. The lowest BCUT2D eigenvalue weighted by Gasteiger charge is -2.12. The molecule has 0 aliphatic carbocycles. The molecule has 0 fully saturated rings. The third kappa shape index (κ3) is 5.36. The summed E-state index contributed by atoms with van der Waals surface area (Å²) in [6.07, 6.45) is 5.82. The first kappa shape index (κ1) is 26.0. The predicted molar refractivity (Wildman–Crippen MR) is 126 cm³/mol. The predicted octanol–water partition coefficient (Wildman–Crippen LogP) is 2.77. The van der Waals surface area contributed by atoms with Crippen molar-refractivity contribution in [2.75, 3.05) is 13.7 Å². The van der Waals surface area contributed by atoms with Crippen LogP contribution < -0.4 is 0 Å². The van der Waals surface area contributed by atoms with Gasteiger partial charge in [-0.15, -0.1) is 0 Å². The average molecular weight is 521 g/mol. The molecule has 4 heterocycles. The van der Waals surface area contributed by atoms with Crippen LogP contribution in [0.4, 0.5) is 4.39 Å². The van der Waals surface area contributed by atoms with Crippen molar-refractivity contribution in [2.24, 2.45) is 0 Å². The fourth-order valence-corrected chi connectivity index (χ4v) is 3.71. The zero-order valence-corrected chi connectivity index (χ0v) is 20.2. The van der Waals surface area contributed by atoms with E-state index in [1.54, 1.807) is 17.9 Å². The van der Waals surface area contributed by atoms with Crippen molar-refractivity contribution in [2.45, 2.75) is 20.0 Å². The lowest BCUT2D eigenvalue weighted by atomic mass is 10.1. The van der Waals surface area contributed by atoms with E-state index < -0.39 is 17.8 Å². The van der Waals surface area contributed by atoms with Gasteiger partial charge in [0.1, 0.15) is 46.6 Å². The Balaban J connectivity index is 0.000000219. The lowest BCUT2D eigenvalue weighted by Crippen LogP contribution is -2.22. The van der Waals surface area contributed by atoms with Crippen molar-refractivity contribution < 1.29 is 37.5 Å². The van der Waals surface area contributed by atoms with Gasteiger partial charge in [0.2, 0.25) is 0 Å². The lowest BCUT2D eigenvalue weighted by molar-refractivity contribution is 0.0522. The van der Waals surface area contributed by atoms with E-state index in [9.17, 15) is 23.6 Å². The van der Waals surface area contributed by atoms with Crippen LogP contribution in [0.25, 0.3) is 11.0 Å². The van der Waals surface area contributed by atoms with Gasteiger partial charge >= 0.3 is 11.9 Å². The van der Waals surface area contributed by atoms with Crippen LogP contribution in [0.1, 0.15) is 59.9 Å². The Labute approximate surface area is 214 Å². The van der Waals surface area contributed by atoms with Gasteiger partial charge in [-0.2, -0.15) is 0 Å². The van der Waals surface area contributed by atoms with Crippen LogP contribution >= 0.6 is 0 Å². The molecule has 0 atom stereocenters. The molecule has 5 rings (SSSR count). The van der Waals surface area contributed by atoms with Crippen molar-refractivity contribution in [1.29, 1.82) is 0 Å². The van der Waals surface area contributed by atoms with Gasteiger partial charge in [0, 0.05) is 17.8 Å². The molecule has 0 unspecified atom stereocenters. The number of nitrogens with zero attached hydrogens (tertiary/aromatic N) is 5. The molecule has 0 spiro atoms. The number of methoxy groups -OCH3 is 1. The molecule has 13 heteroatoms. The second kappa shape index (κ2) is 11.3. The van der Waals surface area contributed by atoms with Crippen molar-refractivity contribution in [3.05, 3.63) is 82.9 Å². The Morgan fingerprint density at radius 1 is 1.11 bits per heavy atom. The van der Waals surface area contributed by atoms with E-state index in [1.165, 1.54) is 38.2 Å². The number of esters is 2. The van der Waals surface area contributed by atoms with Gasteiger partial charge in [-0.25, -0.2) is 33.9 Å². The van der Waals surface area contributed by atoms with E-state index in [1.807, 2.05) is 0 Å². The number of hydrogen-bond acceptors (Lipinski definition) is 11. The molecule has 0 saturated heterocycles. The smallest absolute Gasteiger partial charge is 0.342 e. The fourth-order valence-electron chi connectivity index (χ4n) is 3.71. The van der Waals surface area contributed by atoms with Gasteiger partial charge in [0.15, 0.2) is 6.29 Å². The highest BCUT2D eigenvalue weighted by atomic mass is 19.1. The summed E-state index contributed by atoms with van der Waals surface area (Å²) in [4.78, 5) is 62.5. The average Bonchev–Trinajstić information content (AvgIpc) is 3.48. The zero-order chi connectivity index (χ0) is 27.2. The summed E-state index contributed by atoms with van der Waals surface area (Å²) >= 11 is 0. The maximum absolute atomic E-state index is 13.7. The molecule has 1 aliphatic heterocycles. The molecule has 1 aromatic carbocycles. The zero-order valence-electron chi connectivity index (χ0n) is 20.2. The van der Waals surface area contributed by atoms with Crippen LogP contribution in [0.3, 0.4) is 0 Å². The van der Waals surface area contributed by atoms with Crippen LogP contribution in [-0.4, -0.2) is 62.7 Å². The first-order valence-electron chi connectivity index (χ1n) is 11.2. The quantitative estimate of drug-likeness (QED) is 0.272. The number of fused-ring (bicyclic) bond motifs is 2. The van der Waals surface area contributed by atoms with Gasteiger partial charge in [0.25, 0.3) is 5.91 Å². The maximum Gasteiger partial charge on any atom is 0.342 e. The van der Waals surface area contributed by atoms with E-state index in [0.29, 0.717) is 35.2 Å². The standard InChI is InChI=1S/C17H12FN3O4.C8H8N2O3/c1-24-17(23)12-4-10(18)2-9-3-11(25-15(9)12)6-21-7-14-13(16(21)22)5-19-8-20-14;1-2-13-8(12)6-3-9-5-10-7(6)4-11/h2-5,8H,6-7H2,1H3;3-5H,2H2,1H3. The second-order valence-electron chi connectivity index (χ2n) is 7.78. The first-order chi connectivity index (χ1) is 18.4. The summed E-state index contributed by atoms with van der Waals surface area (Å²) < 4.78 is 28.8. The van der Waals surface area contributed by atoms with Crippen molar-refractivity contribution in [3.63, 3.8) is 0 Å². The molecule has 4 aromatic rings. The summed E-state index contributed by atoms with van der Waals surface area (Å²) in [7, 11) is 1.21. The van der Waals surface area contributed by atoms with Crippen molar-refractivity contribution >= 4 is 35.1 Å². The maximum atomic E-state index is 13.7. The van der Waals surface area contributed by atoms with Crippen LogP contribution in [0, 0.1) is 5.82 Å². The highest BCUT2D eigenvalue weighted by Crippen LogP contribution is 2.28. The van der Waals surface area contributed by atoms with Gasteiger partial charge in [-0.05, 0) is 25.1 Å². The van der Waals surface area contributed by atoms with E-state index in [-0.39, 0.29) is 41.5 Å². The number of aldehydes is 1. The van der Waals surface area contributed by atoms with E-state index >= 15 is 0 Å². The van der Waals surface area contributed by atoms with Crippen molar-refractivity contribution in [1.82, 2.24) is 24.8 Å². The van der Waals surface area contributed by atoms with E-state index in [4.69, 9.17) is 9.15 Å². The number of carbonyl (C=O) groups excluding carboxylic acids is 4. The Hall–Kier alpha value is -5.07. The van der Waals surface area contributed by atoms with Gasteiger partial charge in [0.05, 0.1) is 38.1 Å². The normalized spacial score (nSPS) is 12.0. The Kier molecular flexibility index (Phi) is 7.75. The number of furan rings is 1. The highest BCUT2D eigenvalue weighted by Gasteiger charge is 2.29. The molecule has 38 heavy (non-hydrogen) atoms. The number of carbonyl (C=O) groups is 4. The summed E-state index contributed by atoms with van der Waals surface area (Å²) in [5.41, 5.74) is 1.49. The topological polar surface area (TPSA) is 155 Å². The Bertz CT molecular complexity index is 1540. The first-order valence-corrected chi connectivity index (χ1v) is 11.2. The molecule has 3 aromatic heterocycles. The molecule has 0 N–H and O–H groups in total. The number of ether oxygens (including phenoxy) is 2. The molecular weight excluding hydrogens is 501 g/mol. The molecule has 1 aliphatic rings. The van der Waals surface area contributed by atoms with Crippen LogP contribution in [0.2, 0.25) is 0 Å². The molecule has 12 nitrogen and oxygen atoms in total. The molecular formula is C25H20FN5O7. The molecule has 0 saturated carbocycles. The monoisotopic (exact) mass is 521 g/mol. The summed E-state index contributed by atoms with van der Waals surface area (Å²) in [5, 5.41) is 0.430. The Morgan fingerprint density at radius 2 is 1.87 bits per heavy atom. The minimum atomic E-state index is -0.690. The molecule has 194 valence electrons. The number of halogens is 1. The van der Waals surface area contributed by atoms with Crippen molar-refractivity contribution in [3.8, 4) is 0 Å². The second-order valence-corrected chi connectivity index (χ2v) is 7.78. The Morgan fingerprint density at radius 3 is 2.58 bits per heavy atom. The van der Waals surface area contributed by atoms with Gasteiger partial charge in [-0.1, -0.05) is 0 Å². The third-order valence-electron chi connectivity index (χ3n) is 5.39. The highest BCUT2D eigenvalue weighted by molar-refractivity contribution is 6.02. The number of rotatable bonds is 6. The molecule has 0 radical (unpaired) electrons. The summed E-state index contributed by atoms with van der Waals surface area (Å²) in [6.45, 7) is 2.45. The van der Waals surface area contributed by atoms with Gasteiger partial charge in [-0.3, -0.25) is 9.59 Å². The van der Waals surface area contributed by atoms with E-state index in [2.05, 4.69) is 24.7 Å². The number of benzene rings is 1. The minimum Gasteiger partial charge on any atom is -0.465 e. The van der Waals surface area contributed by atoms with Gasteiger partial charge < -0.3 is 18.8 Å². The minimum absolute atomic E-state index is 0.00523. The molecule has 1 amide bonds. The van der Waals surface area contributed by atoms with E-state index in [0.717, 1.165) is 6.07 Å². The summed E-state index contributed by atoms with van der Waals surface area (Å²) in [6, 6.07) is 3.93. The summed E-state index contributed by atoms with van der Waals surface area (Å²) in [5.74, 6) is -1.61. The number of amides is 1. The van der Waals surface area contributed by atoms with Crippen LogP contribution in [0.15, 0.2) is 47.7 Å². The van der Waals surface area contributed by atoms with Crippen LogP contribution in [0.5, 0.6) is 0 Å². The third-order valence-corrected chi connectivity index (χ3v) is 5.39. The largest absolute Gasteiger partial charge is 0.465 e. The molecule has 0 bridgehead atoms. The van der Waals surface area contributed by atoms with Crippen LogP contribution in [-0.2, 0) is 22.6 Å².